The molecule has 0 radical (unpaired) electrons. The Balaban J connectivity index is 2.21. The van der Waals surface area contributed by atoms with Crippen molar-refractivity contribution in [1.29, 1.82) is 0 Å². The third-order valence-electron chi connectivity index (χ3n) is 2.24. The van der Waals surface area contributed by atoms with Gasteiger partial charge in [-0.05, 0) is 20.3 Å². The smallest absolute Gasteiger partial charge is 0.233 e. The molecule has 0 saturated carbocycles. The molecule has 0 aromatic heterocycles. The molecule has 1 amide bonds. The van der Waals surface area contributed by atoms with Gasteiger partial charge in [-0.3, -0.25) is 4.79 Å². The van der Waals surface area contributed by atoms with Crippen LogP contribution in [0.15, 0.2) is 0 Å². The van der Waals surface area contributed by atoms with Crippen molar-refractivity contribution in [1.82, 2.24) is 10.6 Å². The first-order chi connectivity index (χ1) is 6.03. The van der Waals surface area contributed by atoms with Gasteiger partial charge in [-0.25, -0.2) is 0 Å². The van der Waals surface area contributed by atoms with Crippen molar-refractivity contribution in [2.75, 3.05) is 20.2 Å². The van der Waals surface area contributed by atoms with Gasteiger partial charge in [-0.2, -0.15) is 0 Å². The summed E-state index contributed by atoms with van der Waals surface area (Å²) in [5.74, 6) is 0.0182. The first-order valence-electron chi connectivity index (χ1n) is 4.61. The number of hydrogen-bond acceptors (Lipinski definition) is 3. The maximum atomic E-state index is 10.9. The number of ether oxygens (including phenoxy) is 1. The molecule has 13 heavy (non-hydrogen) atoms. The van der Waals surface area contributed by atoms with Crippen LogP contribution < -0.4 is 10.6 Å². The normalized spacial score (nSPS) is 25.9. The monoisotopic (exact) mass is 186 g/mol. The maximum Gasteiger partial charge on any atom is 0.233 e. The van der Waals surface area contributed by atoms with Gasteiger partial charge in [-0.1, -0.05) is 0 Å². The zero-order chi connectivity index (χ0) is 9.90. The molecule has 0 aromatic carbocycles. The van der Waals surface area contributed by atoms with Crippen molar-refractivity contribution in [3.05, 3.63) is 0 Å². The number of nitrogens with one attached hydrogen (secondary N) is 2. The Labute approximate surface area is 79.0 Å². The van der Waals surface area contributed by atoms with Crippen LogP contribution >= 0.6 is 0 Å². The number of carbonyl (C=O) groups excluding carboxylic acids is 1. The Bertz CT molecular complexity index is 192. The Kier molecular flexibility index (Phi) is 3.27. The molecule has 4 nitrogen and oxygen atoms in total. The topological polar surface area (TPSA) is 50.4 Å². The van der Waals surface area contributed by atoms with Gasteiger partial charge in [0.15, 0.2) is 0 Å². The third-order valence-corrected chi connectivity index (χ3v) is 2.24. The Morgan fingerprint density at radius 2 is 2.31 bits per heavy atom. The van der Waals surface area contributed by atoms with Gasteiger partial charge < -0.3 is 15.4 Å². The van der Waals surface area contributed by atoms with Crippen molar-refractivity contribution >= 4 is 5.91 Å². The molecular formula is C9H18N2O2. The van der Waals surface area contributed by atoms with Gasteiger partial charge in [0.05, 0.1) is 18.8 Å². The fourth-order valence-corrected chi connectivity index (χ4v) is 1.49. The molecule has 0 bridgehead atoms. The summed E-state index contributed by atoms with van der Waals surface area (Å²) in [6.07, 6.45) is 0.962. The second kappa shape index (κ2) is 4.07. The van der Waals surface area contributed by atoms with E-state index in [-0.39, 0.29) is 11.5 Å². The van der Waals surface area contributed by atoms with Crippen molar-refractivity contribution in [2.24, 2.45) is 0 Å². The molecule has 76 valence electrons. The van der Waals surface area contributed by atoms with Crippen molar-refractivity contribution < 1.29 is 9.53 Å². The Hall–Kier alpha value is -0.610. The molecule has 1 atom stereocenters. The first-order valence-corrected chi connectivity index (χ1v) is 4.61. The average Bonchev–Trinajstić information content (AvgIpc) is 2.41. The molecule has 0 aromatic rings. The molecule has 1 saturated heterocycles. The van der Waals surface area contributed by atoms with E-state index in [0.717, 1.165) is 6.42 Å². The average molecular weight is 186 g/mol. The maximum absolute atomic E-state index is 10.9. The predicted molar refractivity (Wildman–Crippen MR) is 50.5 cm³/mol. The highest BCUT2D eigenvalue weighted by molar-refractivity contribution is 5.77. The fourth-order valence-electron chi connectivity index (χ4n) is 1.49. The number of carbonyl (C=O) groups is 1. The second-order valence-corrected chi connectivity index (χ2v) is 4.03. The van der Waals surface area contributed by atoms with Crippen LogP contribution in [0.2, 0.25) is 0 Å². The summed E-state index contributed by atoms with van der Waals surface area (Å²) in [5, 5.41) is 5.72. The van der Waals surface area contributed by atoms with E-state index in [1.807, 2.05) is 0 Å². The highest BCUT2D eigenvalue weighted by Crippen LogP contribution is 2.23. The van der Waals surface area contributed by atoms with Gasteiger partial charge in [0.1, 0.15) is 0 Å². The number of likely N-dealkylation sites (N-methyl/N-ethyl adjacent to an activating group) is 1. The lowest BCUT2D eigenvalue weighted by Crippen LogP contribution is -2.38. The van der Waals surface area contributed by atoms with Crippen LogP contribution in [0.4, 0.5) is 0 Å². The zero-order valence-corrected chi connectivity index (χ0v) is 8.52. The van der Waals surface area contributed by atoms with Gasteiger partial charge >= 0.3 is 0 Å². The molecule has 1 fully saturated rings. The van der Waals surface area contributed by atoms with Crippen LogP contribution in [0, 0.1) is 0 Å². The number of amides is 1. The minimum Gasteiger partial charge on any atom is -0.374 e. The van der Waals surface area contributed by atoms with E-state index in [2.05, 4.69) is 24.5 Å². The summed E-state index contributed by atoms with van der Waals surface area (Å²) in [4.78, 5) is 10.9. The Morgan fingerprint density at radius 3 is 2.77 bits per heavy atom. The number of rotatable bonds is 3. The zero-order valence-electron chi connectivity index (χ0n) is 8.52. The first kappa shape index (κ1) is 10.5. The van der Waals surface area contributed by atoms with Crippen molar-refractivity contribution in [2.45, 2.75) is 31.9 Å². The second-order valence-electron chi connectivity index (χ2n) is 4.03. The van der Waals surface area contributed by atoms with Crippen LogP contribution in [-0.2, 0) is 9.53 Å². The summed E-state index contributed by atoms with van der Waals surface area (Å²) in [6, 6.07) is 0.312. The molecule has 1 aliphatic rings. The van der Waals surface area contributed by atoms with Crippen molar-refractivity contribution in [3.8, 4) is 0 Å². The lowest BCUT2D eigenvalue weighted by Gasteiger charge is -2.15. The molecular weight excluding hydrogens is 168 g/mol. The summed E-state index contributed by atoms with van der Waals surface area (Å²) in [6.45, 7) is 5.20. The predicted octanol–water partition coefficient (Wildman–Crippen LogP) is -0.111. The van der Waals surface area contributed by atoms with Crippen LogP contribution in [0.1, 0.15) is 20.3 Å². The fraction of sp³-hybridized carbons (Fsp3) is 0.889. The van der Waals surface area contributed by atoms with E-state index in [0.29, 0.717) is 19.2 Å². The van der Waals surface area contributed by atoms with E-state index >= 15 is 0 Å². The number of hydrogen-bond donors (Lipinski definition) is 2. The van der Waals surface area contributed by atoms with Crippen LogP contribution in [0.5, 0.6) is 0 Å². The van der Waals surface area contributed by atoms with E-state index < -0.39 is 0 Å². The molecule has 1 aliphatic heterocycles. The van der Waals surface area contributed by atoms with Crippen molar-refractivity contribution in [3.63, 3.8) is 0 Å². The molecule has 1 rings (SSSR count). The molecule has 4 heteroatoms. The molecule has 1 heterocycles. The lowest BCUT2D eigenvalue weighted by molar-refractivity contribution is -0.119. The van der Waals surface area contributed by atoms with Gasteiger partial charge in [0.2, 0.25) is 5.91 Å². The highest BCUT2D eigenvalue weighted by atomic mass is 16.5. The summed E-state index contributed by atoms with van der Waals surface area (Å²) < 4.78 is 5.52. The highest BCUT2D eigenvalue weighted by Gasteiger charge is 2.31. The molecule has 0 aliphatic carbocycles. The quantitative estimate of drug-likeness (QED) is 0.646. The van der Waals surface area contributed by atoms with E-state index in [1.165, 1.54) is 0 Å². The molecule has 2 N–H and O–H groups in total. The standard InChI is InChI=1S/C9H18N2O2/c1-9(2)4-7(6-13-9)11-5-8(12)10-3/h7,11H,4-6H2,1-3H3,(H,10,12). The summed E-state index contributed by atoms with van der Waals surface area (Å²) >= 11 is 0. The lowest BCUT2D eigenvalue weighted by atomic mass is 10.0. The minimum absolute atomic E-state index is 0.0182. The molecule has 1 unspecified atom stereocenters. The molecule has 0 spiro atoms. The Morgan fingerprint density at radius 1 is 1.62 bits per heavy atom. The van der Waals surface area contributed by atoms with E-state index in [9.17, 15) is 4.79 Å². The van der Waals surface area contributed by atoms with Crippen LogP contribution in [0.25, 0.3) is 0 Å². The third kappa shape index (κ3) is 3.32. The largest absolute Gasteiger partial charge is 0.374 e. The summed E-state index contributed by atoms with van der Waals surface area (Å²) in [5.41, 5.74) is -0.0413. The van der Waals surface area contributed by atoms with E-state index in [1.54, 1.807) is 7.05 Å². The summed E-state index contributed by atoms with van der Waals surface area (Å²) in [7, 11) is 1.64. The van der Waals surface area contributed by atoms with Gasteiger partial charge in [-0.15, -0.1) is 0 Å². The van der Waals surface area contributed by atoms with Crippen LogP contribution in [-0.4, -0.2) is 37.7 Å². The van der Waals surface area contributed by atoms with E-state index in [4.69, 9.17) is 4.74 Å². The SMILES string of the molecule is CNC(=O)CNC1COC(C)(C)C1. The van der Waals surface area contributed by atoms with Gasteiger partial charge in [0, 0.05) is 13.1 Å². The minimum atomic E-state index is -0.0413. The van der Waals surface area contributed by atoms with Crippen LogP contribution in [0.3, 0.4) is 0 Å². The van der Waals surface area contributed by atoms with Gasteiger partial charge in [0.25, 0.3) is 0 Å².